The SMILES string of the molecule is O=C1CCC[C@]2(CN(Cc3ccc(Oc4ccccc4)cc3)C[C@H]2c2ccccc2F)N1. The lowest BCUT2D eigenvalue weighted by Crippen LogP contribution is -2.56. The molecule has 1 spiro atoms. The van der Waals surface area contributed by atoms with Gasteiger partial charge in [-0.3, -0.25) is 9.69 Å². The average molecular weight is 431 g/mol. The van der Waals surface area contributed by atoms with Gasteiger partial charge in [-0.25, -0.2) is 4.39 Å². The third kappa shape index (κ3) is 4.26. The molecule has 2 heterocycles. The van der Waals surface area contributed by atoms with Crippen LogP contribution in [0.1, 0.15) is 36.3 Å². The number of hydrogen-bond acceptors (Lipinski definition) is 3. The summed E-state index contributed by atoms with van der Waals surface area (Å²) in [5, 5.41) is 3.25. The molecular formula is C27H27FN2O2. The molecule has 2 aliphatic heterocycles. The molecule has 5 rings (SSSR count). The van der Waals surface area contributed by atoms with Crippen LogP contribution in [0.15, 0.2) is 78.9 Å². The molecule has 4 nitrogen and oxygen atoms in total. The fourth-order valence-electron chi connectivity index (χ4n) is 5.17. The van der Waals surface area contributed by atoms with Gasteiger partial charge < -0.3 is 10.1 Å². The van der Waals surface area contributed by atoms with E-state index in [0.717, 1.165) is 43.0 Å². The fraction of sp³-hybridized carbons (Fsp3) is 0.296. The fourth-order valence-corrected chi connectivity index (χ4v) is 5.17. The Kier molecular flexibility index (Phi) is 5.66. The van der Waals surface area contributed by atoms with Crippen molar-refractivity contribution in [1.82, 2.24) is 10.2 Å². The summed E-state index contributed by atoms with van der Waals surface area (Å²) in [7, 11) is 0. The molecule has 0 radical (unpaired) electrons. The first-order valence-electron chi connectivity index (χ1n) is 11.2. The lowest BCUT2D eigenvalue weighted by atomic mass is 9.76. The summed E-state index contributed by atoms with van der Waals surface area (Å²) in [5.74, 6) is 1.42. The van der Waals surface area contributed by atoms with Gasteiger partial charge in [-0.2, -0.15) is 0 Å². The number of halogens is 1. The van der Waals surface area contributed by atoms with Crippen LogP contribution in [-0.2, 0) is 11.3 Å². The number of ether oxygens (including phenoxy) is 1. The normalized spacial score (nSPS) is 23.3. The molecule has 5 heteroatoms. The maximum atomic E-state index is 14.7. The lowest BCUT2D eigenvalue weighted by molar-refractivity contribution is -0.125. The van der Waals surface area contributed by atoms with Crippen molar-refractivity contribution in [2.75, 3.05) is 13.1 Å². The number of carbonyl (C=O) groups is 1. The van der Waals surface area contributed by atoms with E-state index in [0.29, 0.717) is 18.5 Å². The highest BCUT2D eigenvalue weighted by Gasteiger charge is 2.49. The van der Waals surface area contributed by atoms with E-state index in [1.54, 1.807) is 6.07 Å². The van der Waals surface area contributed by atoms with Crippen LogP contribution in [0.25, 0.3) is 0 Å². The first-order chi connectivity index (χ1) is 15.6. The molecule has 0 bridgehead atoms. The summed E-state index contributed by atoms with van der Waals surface area (Å²) in [6.07, 6.45) is 2.27. The van der Waals surface area contributed by atoms with Gasteiger partial charge in [0.1, 0.15) is 17.3 Å². The summed E-state index contributed by atoms with van der Waals surface area (Å²) in [4.78, 5) is 14.6. The van der Waals surface area contributed by atoms with Crippen molar-refractivity contribution in [3.63, 3.8) is 0 Å². The van der Waals surface area contributed by atoms with Crippen molar-refractivity contribution in [2.24, 2.45) is 0 Å². The maximum absolute atomic E-state index is 14.7. The Morgan fingerprint density at radius 2 is 1.69 bits per heavy atom. The largest absolute Gasteiger partial charge is 0.457 e. The van der Waals surface area contributed by atoms with Crippen LogP contribution in [0.5, 0.6) is 11.5 Å². The van der Waals surface area contributed by atoms with Crippen molar-refractivity contribution in [2.45, 2.75) is 37.3 Å². The number of benzene rings is 3. The quantitative estimate of drug-likeness (QED) is 0.601. The van der Waals surface area contributed by atoms with Crippen LogP contribution >= 0.6 is 0 Å². The first-order valence-corrected chi connectivity index (χ1v) is 11.2. The predicted octanol–water partition coefficient (Wildman–Crippen LogP) is 5.26. The molecule has 2 fully saturated rings. The van der Waals surface area contributed by atoms with Crippen LogP contribution in [-0.4, -0.2) is 29.4 Å². The van der Waals surface area contributed by atoms with Crippen molar-refractivity contribution in [3.8, 4) is 11.5 Å². The Bertz CT molecular complexity index is 1090. The van der Waals surface area contributed by atoms with Gasteiger partial charge in [0.2, 0.25) is 5.91 Å². The zero-order valence-electron chi connectivity index (χ0n) is 18.0. The van der Waals surface area contributed by atoms with Crippen molar-refractivity contribution >= 4 is 5.91 Å². The monoisotopic (exact) mass is 430 g/mol. The summed E-state index contributed by atoms with van der Waals surface area (Å²) < 4.78 is 20.6. The summed E-state index contributed by atoms with van der Waals surface area (Å²) in [5.41, 5.74) is 1.45. The van der Waals surface area contributed by atoms with E-state index in [1.165, 1.54) is 6.07 Å². The van der Waals surface area contributed by atoms with Gasteiger partial charge in [0.05, 0.1) is 5.54 Å². The minimum absolute atomic E-state index is 0.0614. The topological polar surface area (TPSA) is 41.6 Å². The number of amides is 1. The van der Waals surface area contributed by atoms with Crippen molar-refractivity contribution in [1.29, 1.82) is 0 Å². The van der Waals surface area contributed by atoms with E-state index in [2.05, 4.69) is 22.3 Å². The van der Waals surface area contributed by atoms with E-state index in [4.69, 9.17) is 4.74 Å². The Morgan fingerprint density at radius 1 is 0.969 bits per heavy atom. The zero-order chi connectivity index (χ0) is 22.0. The molecule has 3 aromatic carbocycles. The molecule has 164 valence electrons. The van der Waals surface area contributed by atoms with E-state index in [9.17, 15) is 9.18 Å². The van der Waals surface area contributed by atoms with Gasteiger partial charge in [0.15, 0.2) is 0 Å². The number of hydrogen-bond donors (Lipinski definition) is 1. The second kappa shape index (κ2) is 8.75. The lowest BCUT2D eigenvalue weighted by Gasteiger charge is -2.39. The molecule has 3 aromatic rings. The second-order valence-corrected chi connectivity index (χ2v) is 8.86. The van der Waals surface area contributed by atoms with E-state index < -0.39 is 5.54 Å². The highest BCUT2D eigenvalue weighted by molar-refractivity contribution is 5.78. The van der Waals surface area contributed by atoms with Gasteiger partial charge in [-0.1, -0.05) is 48.5 Å². The minimum Gasteiger partial charge on any atom is -0.457 e. The third-order valence-electron chi connectivity index (χ3n) is 6.62. The van der Waals surface area contributed by atoms with Gasteiger partial charge in [-0.15, -0.1) is 0 Å². The Balaban J connectivity index is 1.33. The summed E-state index contributed by atoms with van der Waals surface area (Å²) >= 11 is 0. The molecule has 0 aliphatic carbocycles. The van der Waals surface area contributed by atoms with Gasteiger partial charge in [-0.05, 0) is 54.3 Å². The molecular weight excluding hydrogens is 403 g/mol. The molecule has 0 aromatic heterocycles. The van der Waals surface area contributed by atoms with E-state index in [1.807, 2.05) is 54.6 Å². The molecule has 2 aliphatic rings. The van der Waals surface area contributed by atoms with E-state index >= 15 is 0 Å². The van der Waals surface area contributed by atoms with Crippen molar-refractivity contribution < 1.29 is 13.9 Å². The first kappa shape index (κ1) is 20.7. The number of carbonyl (C=O) groups excluding carboxylic acids is 1. The third-order valence-corrected chi connectivity index (χ3v) is 6.62. The summed E-state index contributed by atoms with van der Waals surface area (Å²) in [6.45, 7) is 2.18. The van der Waals surface area contributed by atoms with Crippen LogP contribution in [0.2, 0.25) is 0 Å². The number of rotatable bonds is 5. The summed E-state index contributed by atoms with van der Waals surface area (Å²) in [6, 6.07) is 24.8. The van der Waals surface area contributed by atoms with Crippen LogP contribution in [0.3, 0.4) is 0 Å². The van der Waals surface area contributed by atoms with Crippen LogP contribution < -0.4 is 10.1 Å². The number of piperidine rings is 1. The highest BCUT2D eigenvalue weighted by Crippen LogP contribution is 2.42. The molecule has 1 N–H and O–H groups in total. The smallest absolute Gasteiger partial charge is 0.220 e. The Morgan fingerprint density at radius 3 is 2.44 bits per heavy atom. The van der Waals surface area contributed by atoms with Crippen LogP contribution in [0.4, 0.5) is 4.39 Å². The minimum atomic E-state index is -0.409. The Labute approximate surface area is 188 Å². The molecule has 32 heavy (non-hydrogen) atoms. The Hall–Kier alpha value is -3.18. The number of para-hydroxylation sites is 1. The van der Waals surface area contributed by atoms with E-state index in [-0.39, 0.29) is 17.6 Å². The molecule has 2 saturated heterocycles. The molecule has 1 amide bonds. The predicted molar refractivity (Wildman–Crippen MR) is 122 cm³/mol. The molecule has 0 saturated carbocycles. The second-order valence-electron chi connectivity index (χ2n) is 8.86. The standard InChI is InChI=1S/C27H27FN2O2/c28-25-10-5-4-9-23(25)24-18-30(19-27(24)16-6-11-26(31)29-27)17-20-12-14-22(15-13-20)32-21-7-2-1-3-8-21/h1-5,7-10,12-15,24H,6,11,16-19H2,(H,29,31)/t24-,27+/m0/s1. The molecule has 2 atom stereocenters. The molecule has 0 unspecified atom stereocenters. The van der Waals surface area contributed by atoms with Crippen molar-refractivity contribution in [3.05, 3.63) is 95.8 Å². The zero-order valence-corrected chi connectivity index (χ0v) is 18.0. The van der Waals surface area contributed by atoms with Gasteiger partial charge >= 0.3 is 0 Å². The maximum Gasteiger partial charge on any atom is 0.220 e. The van der Waals surface area contributed by atoms with Crippen LogP contribution in [0, 0.1) is 5.82 Å². The van der Waals surface area contributed by atoms with Gasteiger partial charge in [0, 0.05) is 32.0 Å². The number of nitrogens with zero attached hydrogens (tertiary/aromatic N) is 1. The number of nitrogens with one attached hydrogen (secondary N) is 1. The average Bonchev–Trinajstić information content (AvgIpc) is 3.12. The number of likely N-dealkylation sites (tertiary alicyclic amines) is 1. The highest BCUT2D eigenvalue weighted by atomic mass is 19.1. The van der Waals surface area contributed by atoms with Gasteiger partial charge in [0.25, 0.3) is 0 Å².